The van der Waals surface area contributed by atoms with Gasteiger partial charge in [-0.15, -0.1) is 0 Å². The minimum atomic E-state index is -2.83. The Morgan fingerprint density at radius 1 is 1.20 bits per heavy atom. The molecule has 0 aliphatic heterocycles. The van der Waals surface area contributed by atoms with Gasteiger partial charge >= 0.3 is 6.61 Å². The lowest BCUT2D eigenvalue weighted by Gasteiger charge is -2.13. The second-order valence-corrected chi connectivity index (χ2v) is 6.16. The van der Waals surface area contributed by atoms with E-state index in [0.717, 1.165) is 13.7 Å². The third-order valence-corrected chi connectivity index (χ3v) is 3.71. The van der Waals surface area contributed by atoms with Crippen molar-refractivity contribution < 1.29 is 13.5 Å². The molecular formula is C14H11BrF2INO. The molecule has 1 N–H and O–H groups in total. The average molecular weight is 454 g/mol. The Labute approximate surface area is 137 Å². The maximum absolute atomic E-state index is 12.4. The van der Waals surface area contributed by atoms with Crippen LogP contribution < -0.4 is 10.1 Å². The summed E-state index contributed by atoms with van der Waals surface area (Å²) in [6, 6.07) is 12.8. The highest BCUT2D eigenvalue weighted by atomic mass is 127. The van der Waals surface area contributed by atoms with E-state index in [4.69, 9.17) is 0 Å². The lowest BCUT2D eigenvalue weighted by Crippen LogP contribution is -2.07. The van der Waals surface area contributed by atoms with Gasteiger partial charge in [0.2, 0.25) is 0 Å². The number of nitrogens with one attached hydrogen (secondary N) is 1. The standard InChI is InChI=1S/C14H11BrF2INO/c15-10-4-5-13(20-14(16)17)9(6-10)8-19-12-3-1-2-11(18)7-12/h1-7,14,19H,8H2. The third kappa shape index (κ3) is 4.59. The third-order valence-electron chi connectivity index (χ3n) is 2.55. The molecule has 0 saturated carbocycles. The molecule has 2 aromatic rings. The molecule has 0 saturated heterocycles. The quantitative estimate of drug-likeness (QED) is 0.623. The minimum absolute atomic E-state index is 0.182. The first-order chi connectivity index (χ1) is 9.54. The van der Waals surface area contributed by atoms with Crippen molar-refractivity contribution in [3.8, 4) is 5.75 Å². The summed E-state index contributed by atoms with van der Waals surface area (Å²) >= 11 is 5.54. The van der Waals surface area contributed by atoms with Crippen molar-refractivity contribution in [3.05, 3.63) is 56.1 Å². The summed E-state index contributed by atoms with van der Waals surface area (Å²) in [6.45, 7) is -2.42. The van der Waals surface area contributed by atoms with Gasteiger partial charge in [0.25, 0.3) is 0 Å². The van der Waals surface area contributed by atoms with Gasteiger partial charge in [0.05, 0.1) is 0 Å². The van der Waals surface area contributed by atoms with Crippen LogP contribution >= 0.6 is 38.5 Å². The van der Waals surface area contributed by atoms with E-state index in [2.05, 4.69) is 48.6 Å². The SMILES string of the molecule is FC(F)Oc1ccc(Br)cc1CNc1cccc(I)c1. The molecule has 0 spiro atoms. The van der Waals surface area contributed by atoms with Gasteiger partial charge in [-0.1, -0.05) is 22.0 Å². The van der Waals surface area contributed by atoms with Crippen molar-refractivity contribution in [1.29, 1.82) is 0 Å². The highest BCUT2D eigenvalue weighted by Gasteiger charge is 2.10. The first-order valence-electron chi connectivity index (χ1n) is 5.77. The van der Waals surface area contributed by atoms with Gasteiger partial charge < -0.3 is 10.1 Å². The Bertz CT molecular complexity index is 595. The topological polar surface area (TPSA) is 21.3 Å². The second kappa shape index (κ2) is 7.21. The molecule has 0 aromatic heterocycles. The van der Waals surface area contributed by atoms with Crippen molar-refractivity contribution in [2.24, 2.45) is 0 Å². The molecular weight excluding hydrogens is 443 g/mol. The second-order valence-electron chi connectivity index (χ2n) is 3.99. The molecule has 0 atom stereocenters. The van der Waals surface area contributed by atoms with Gasteiger partial charge in [-0.2, -0.15) is 8.78 Å². The van der Waals surface area contributed by atoms with Crippen LogP contribution in [0.25, 0.3) is 0 Å². The van der Waals surface area contributed by atoms with Crippen LogP contribution in [0, 0.1) is 3.57 Å². The van der Waals surface area contributed by atoms with Crippen molar-refractivity contribution >= 4 is 44.2 Å². The summed E-state index contributed by atoms with van der Waals surface area (Å²) in [5.41, 5.74) is 1.60. The van der Waals surface area contributed by atoms with Gasteiger partial charge in [-0.25, -0.2) is 0 Å². The zero-order valence-electron chi connectivity index (χ0n) is 10.2. The molecule has 20 heavy (non-hydrogen) atoms. The monoisotopic (exact) mass is 453 g/mol. The van der Waals surface area contributed by atoms with Crippen LogP contribution in [0.2, 0.25) is 0 Å². The molecule has 0 fully saturated rings. The highest BCUT2D eigenvalue weighted by molar-refractivity contribution is 14.1. The predicted octanol–water partition coefficient (Wildman–Crippen LogP) is 5.27. The predicted molar refractivity (Wildman–Crippen MR) is 87.3 cm³/mol. The van der Waals surface area contributed by atoms with Crippen molar-refractivity contribution in [2.75, 3.05) is 5.32 Å². The molecule has 2 nitrogen and oxygen atoms in total. The molecule has 6 heteroatoms. The molecule has 0 aliphatic rings. The maximum Gasteiger partial charge on any atom is 0.387 e. The fourth-order valence-corrected chi connectivity index (χ4v) is 2.64. The molecule has 0 bridgehead atoms. The van der Waals surface area contributed by atoms with Gasteiger partial charge in [0.15, 0.2) is 0 Å². The lowest BCUT2D eigenvalue weighted by molar-refractivity contribution is -0.0504. The van der Waals surface area contributed by atoms with Gasteiger partial charge in [0.1, 0.15) is 5.75 Å². The van der Waals surface area contributed by atoms with E-state index < -0.39 is 6.61 Å². The summed E-state index contributed by atoms with van der Waals surface area (Å²) < 4.78 is 31.2. The number of rotatable bonds is 5. The molecule has 0 radical (unpaired) electrons. The highest BCUT2D eigenvalue weighted by Crippen LogP contribution is 2.26. The van der Waals surface area contributed by atoms with Crippen LogP contribution in [0.5, 0.6) is 5.75 Å². The summed E-state index contributed by atoms with van der Waals surface area (Å²) in [6.07, 6.45) is 0. The summed E-state index contributed by atoms with van der Waals surface area (Å²) in [5.74, 6) is 0.182. The zero-order valence-corrected chi connectivity index (χ0v) is 14.0. The Kier molecular flexibility index (Phi) is 5.59. The summed E-state index contributed by atoms with van der Waals surface area (Å²) in [7, 11) is 0. The van der Waals surface area contributed by atoms with E-state index in [1.807, 2.05) is 24.3 Å². The van der Waals surface area contributed by atoms with Crippen molar-refractivity contribution in [3.63, 3.8) is 0 Å². The molecule has 106 valence electrons. The van der Waals surface area contributed by atoms with Crippen molar-refractivity contribution in [1.82, 2.24) is 0 Å². The van der Waals surface area contributed by atoms with Crippen LogP contribution in [-0.4, -0.2) is 6.61 Å². The van der Waals surface area contributed by atoms with Gasteiger partial charge in [-0.05, 0) is 59.0 Å². The number of hydrogen-bond donors (Lipinski definition) is 1. The fraction of sp³-hybridized carbons (Fsp3) is 0.143. The smallest absolute Gasteiger partial charge is 0.387 e. The van der Waals surface area contributed by atoms with Crippen LogP contribution in [-0.2, 0) is 6.54 Å². The normalized spacial score (nSPS) is 10.7. The maximum atomic E-state index is 12.4. The molecule has 0 aliphatic carbocycles. The first-order valence-corrected chi connectivity index (χ1v) is 7.64. The number of halogens is 4. The van der Waals surface area contributed by atoms with E-state index in [-0.39, 0.29) is 5.75 Å². The van der Waals surface area contributed by atoms with Gasteiger partial charge in [-0.3, -0.25) is 0 Å². The molecule has 0 amide bonds. The number of alkyl halides is 2. The van der Waals surface area contributed by atoms with Crippen LogP contribution in [0.1, 0.15) is 5.56 Å². The largest absolute Gasteiger partial charge is 0.434 e. The zero-order chi connectivity index (χ0) is 14.5. The Balaban J connectivity index is 2.13. The lowest BCUT2D eigenvalue weighted by atomic mass is 10.2. The van der Waals surface area contributed by atoms with E-state index in [9.17, 15) is 8.78 Å². The Hall–Kier alpha value is -0.890. The van der Waals surface area contributed by atoms with E-state index >= 15 is 0 Å². The first kappa shape index (κ1) is 15.5. The number of benzene rings is 2. The number of hydrogen-bond acceptors (Lipinski definition) is 2. The number of anilines is 1. The fourth-order valence-electron chi connectivity index (χ4n) is 1.69. The summed E-state index contributed by atoms with van der Waals surface area (Å²) in [5, 5.41) is 3.19. The number of ether oxygens (including phenoxy) is 1. The van der Waals surface area contributed by atoms with Crippen LogP contribution in [0.3, 0.4) is 0 Å². The average Bonchev–Trinajstić information content (AvgIpc) is 2.39. The van der Waals surface area contributed by atoms with E-state index in [0.29, 0.717) is 12.1 Å². The molecule has 0 unspecified atom stereocenters. The van der Waals surface area contributed by atoms with Crippen molar-refractivity contribution in [2.45, 2.75) is 13.2 Å². The van der Waals surface area contributed by atoms with Crippen LogP contribution in [0.4, 0.5) is 14.5 Å². The molecule has 2 rings (SSSR count). The molecule has 2 aromatic carbocycles. The minimum Gasteiger partial charge on any atom is -0.434 e. The Morgan fingerprint density at radius 3 is 2.70 bits per heavy atom. The van der Waals surface area contributed by atoms with Crippen LogP contribution in [0.15, 0.2) is 46.9 Å². The van der Waals surface area contributed by atoms with Gasteiger partial charge in [0, 0.05) is 25.8 Å². The van der Waals surface area contributed by atoms with E-state index in [1.54, 1.807) is 12.1 Å². The van der Waals surface area contributed by atoms with E-state index in [1.165, 1.54) is 6.07 Å². The summed E-state index contributed by atoms with van der Waals surface area (Å²) in [4.78, 5) is 0. The molecule has 0 heterocycles. The Morgan fingerprint density at radius 2 is 2.00 bits per heavy atom.